The zero-order chi connectivity index (χ0) is 51.7. The largest absolute Gasteiger partial charge is 0.462 e. The molecule has 0 amide bonds. The molecule has 15 heteroatoms. The first kappa shape index (κ1) is 65.6. The molecule has 2 heterocycles. The molecule has 0 saturated carbocycles. The maximum absolute atomic E-state index is 13.0. The number of aliphatic hydroxyl groups excluding tert-OH is 7. The molecule has 71 heavy (non-hydrogen) atoms. The van der Waals surface area contributed by atoms with E-state index in [1.54, 1.807) is 0 Å². The summed E-state index contributed by atoms with van der Waals surface area (Å²) in [5.41, 5.74) is 0. The Balaban J connectivity index is 1.70. The van der Waals surface area contributed by atoms with Crippen LogP contribution in [0.3, 0.4) is 0 Å². The van der Waals surface area contributed by atoms with Gasteiger partial charge in [-0.1, -0.05) is 226 Å². The lowest BCUT2D eigenvalue weighted by Gasteiger charge is -2.42. The van der Waals surface area contributed by atoms with Crippen molar-refractivity contribution in [1.29, 1.82) is 0 Å². The minimum Gasteiger partial charge on any atom is -0.462 e. The summed E-state index contributed by atoms with van der Waals surface area (Å²) >= 11 is 0. The van der Waals surface area contributed by atoms with Gasteiger partial charge in [0, 0.05) is 12.8 Å². The SMILES string of the molecule is CCCCCCCCCCCCCCCCCCCCCCCCCCC(=O)OC(COC(=O)CCCCCCCCCCCCC)COC1OC(COC2OC(CO)C(O)C(O)C2O)C(O)C(O)C1O. The van der Waals surface area contributed by atoms with E-state index in [4.69, 9.17) is 28.4 Å². The summed E-state index contributed by atoms with van der Waals surface area (Å²) < 4.78 is 33.7. The van der Waals surface area contributed by atoms with E-state index in [2.05, 4.69) is 13.8 Å². The quantitative estimate of drug-likeness (QED) is 0.0222. The lowest BCUT2D eigenvalue weighted by Crippen LogP contribution is -2.61. The molecule has 0 aromatic rings. The van der Waals surface area contributed by atoms with Gasteiger partial charge >= 0.3 is 11.9 Å². The van der Waals surface area contributed by atoms with E-state index in [1.165, 1.54) is 173 Å². The topological polar surface area (TPSA) is 231 Å². The number of carbonyl (C=O) groups is 2. The molecule has 0 spiro atoms. The Morgan fingerprint density at radius 1 is 0.394 bits per heavy atom. The Bertz CT molecular complexity index is 1240. The fourth-order valence-corrected chi connectivity index (χ4v) is 9.57. The lowest BCUT2D eigenvalue weighted by atomic mass is 9.98. The molecular weight excluding hydrogens is 913 g/mol. The van der Waals surface area contributed by atoms with Crippen LogP contribution >= 0.6 is 0 Å². The molecular formula is C56H106O15. The van der Waals surface area contributed by atoms with Gasteiger partial charge < -0.3 is 64.2 Å². The van der Waals surface area contributed by atoms with Gasteiger partial charge in [-0.25, -0.2) is 0 Å². The summed E-state index contributed by atoms with van der Waals surface area (Å²) in [6.45, 7) is 2.63. The predicted octanol–water partition coefficient (Wildman–Crippen LogP) is 9.56. The number of esters is 2. The van der Waals surface area contributed by atoms with Gasteiger partial charge in [-0.2, -0.15) is 0 Å². The van der Waals surface area contributed by atoms with E-state index in [0.29, 0.717) is 12.8 Å². The molecule has 11 atom stereocenters. The number of hydrogen-bond acceptors (Lipinski definition) is 15. The standard InChI is InChI=1S/C56H106O15/c1-3-5-7-9-11-13-15-16-17-18-19-20-21-22-23-24-25-26-27-29-31-33-35-37-39-48(59)69-44(41-66-47(58)38-36-34-32-30-28-14-12-10-8-6-4-2)42-67-55-54(65)52(63)50(61)46(71-55)43-68-56-53(64)51(62)49(60)45(40-57)70-56/h44-46,49-57,60-65H,3-43H2,1-2H3. The Kier molecular flexibility index (Phi) is 40.4. The Morgan fingerprint density at radius 3 is 1.10 bits per heavy atom. The van der Waals surface area contributed by atoms with Crippen molar-refractivity contribution in [2.24, 2.45) is 0 Å². The van der Waals surface area contributed by atoms with Crippen LogP contribution in [-0.4, -0.2) is 142 Å². The van der Waals surface area contributed by atoms with E-state index in [-0.39, 0.29) is 26.1 Å². The second-order valence-corrected chi connectivity index (χ2v) is 20.8. The second kappa shape index (κ2) is 43.7. The third-order valence-corrected chi connectivity index (χ3v) is 14.3. The van der Waals surface area contributed by atoms with Gasteiger partial charge in [-0.05, 0) is 12.8 Å². The van der Waals surface area contributed by atoms with E-state index in [0.717, 1.165) is 38.5 Å². The van der Waals surface area contributed by atoms with Crippen molar-refractivity contribution < 1.29 is 73.8 Å². The number of unbranched alkanes of at least 4 members (excludes halogenated alkanes) is 33. The first-order valence-electron chi connectivity index (χ1n) is 29.1. The molecule has 11 unspecified atom stereocenters. The van der Waals surface area contributed by atoms with Gasteiger partial charge in [0.05, 0.1) is 19.8 Å². The maximum atomic E-state index is 13.0. The molecule has 7 N–H and O–H groups in total. The summed E-state index contributed by atoms with van der Waals surface area (Å²) in [5, 5.41) is 72.2. The number of rotatable bonds is 47. The summed E-state index contributed by atoms with van der Waals surface area (Å²) in [6, 6.07) is 0. The highest BCUT2D eigenvalue weighted by atomic mass is 16.7. The molecule has 15 nitrogen and oxygen atoms in total. The molecule has 2 rings (SSSR count). The van der Waals surface area contributed by atoms with Crippen molar-refractivity contribution in [3.63, 3.8) is 0 Å². The highest BCUT2D eigenvalue weighted by Crippen LogP contribution is 2.27. The fourth-order valence-electron chi connectivity index (χ4n) is 9.57. The van der Waals surface area contributed by atoms with Gasteiger partial charge in [0.15, 0.2) is 18.7 Å². The third kappa shape index (κ3) is 31.2. The van der Waals surface area contributed by atoms with E-state index < -0.39 is 92.7 Å². The van der Waals surface area contributed by atoms with Gasteiger partial charge in [-0.3, -0.25) is 9.59 Å². The predicted molar refractivity (Wildman–Crippen MR) is 275 cm³/mol. The maximum Gasteiger partial charge on any atom is 0.306 e. The fraction of sp³-hybridized carbons (Fsp3) is 0.964. The Labute approximate surface area is 429 Å². The molecule has 420 valence electrons. The molecule has 0 aliphatic carbocycles. The van der Waals surface area contributed by atoms with Gasteiger partial charge in [0.1, 0.15) is 55.4 Å². The lowest BCUT2D eigenvalue weighted by molar-refractivity contribution is -0.332. The van der Waals surface area contributed by atoms with Crippen LogP contribution in [0.25, 0.3) is 0 Å². The molecule has 0 aromatic heterocycles. The summed E-state index contributed by atoms with van der Waals surface area (Å²) in [4.78, 5) is 25.8. The van der Waals surface area contributed by atoms with Crippen LogP contribution in [0.15, 0.2) is 0 Å². The second-order valence-electron chi connectivity index (χ2n) is 20.8. The van der Waals surface area contributed by atoms with Crippen molar-refractivity contribution in [3.05, 3.63) is 0 Å². The normalized spacial score (nSPS) is 25.1. The van der Waals surface area contributed by atoms with E-state index in [9.17, 15) is 45.3 Å². The smallest absolute Gasteiger partial charge is 0.306 e. The molecule has 0 bridgehead atoms. The zero-order valence-electron chi connectivity index (χ0n) is 44.7. The summed E-state index contributed by atoms with van der Waals surface area (Å²) in [7, 11) is 0. The number of aliphatic hydroxyl groups is 7. The van der Waals surface area contributed by atoms with Crippen LogP contribution < -0.4 is 0 Å². The van der Waals surface area contributed by atoms with E-state index >= 15 is 0 Å². The van der Waals surface area contributed by atoms with Crippen molar-refractivity contribution in [2.75, 3.05) is 26.4 Å². The number of ether oxygens (including phenoxy) is 6. The minimum absolute atomic E-state index is 0.174. The average molecular weight is 1020 g/mol. The van der Waals surface area contributed by atoms with Crippen molar-refractivity contribution in [1.82, 2.24) is 0 Å². The van der Waals surface area contributed by atoms with Crippen LogP contribution in [0.4, 0.5) is 0 Å². The molecule has 2 aliphatic heterocycles. The Hall–Kier alpha value is -1.50. The van der Waals surface area contributed by atoms with Crippen LogP contribution in [0.1, 0.15) is 251 Å². The number of carbonyl (C=O) groups excluding carboxylic acids is 2. The molecule has 2 aliphatic rings. The van der Waals surface area contributed by atoms with Crippen LogP contribution in [-0.2, 0) is 38.0 Å². The highest BCUT2D eigenvalue weighted by Gasteiger charge is 2.47. The average Bonchev–Trinajstić information content (AvgIpc) is 3.36. The van der Waals surface area contributed by atoms with Crippen molar-refractivity contribution >= 4 is 11.9 Å². The van der Waals surface area contributed by atoms with Crippen LogP contribution in [0.5, 0.6) is 0 Å². The Morgan fingerprint density at radius 2 is 0.718 bits per heavy atom. The van der Waals surface area contributed by atoms with Gasteiger partial charge in [0.25, 0.3) is 0 Å². The zero-order valence-corrected chi connectivity index (χ0v) is 44.7. The monoisotopic (exact) mass is 1020 g/mol. The molecule has 0 aromatic carbocycles. The summed E-state index contributed by atoms with van der Waals surface area (Å²) in [5.74, 6) is -0.907. The van der Waals surface area contributed by atoms with Crippen molar-refractivity contribution in [2.45, 2.75) is 319 Å². The number of hydrogen-bond donors (Lipinski definition) is 7. The molecule has 2 saturated heterocycles. The van der Waals surface area contributed by atoms with Gasteiger partial charge in [-0.15, -0.1) is 0 Å². The first-order valence-corrected chi connectivity index (χ1v) is 29.1. The van der Waals surface area contributed by atoms with Crippen molar-refractivity contribution in [3.8, 4) is 0 Å². The highest BCUT2D eigenvalue weighted by molar-refractivity contribution is 5.70. The van der Waals surface area contributed by atoms with E-state index in [1.807, 2.05) is 0 Å². The minimum atomic E-state index is -1.76. The van der Waals surface area contributed by atoms with Crippen LogP contribution in [0, 0.1) is 0 Å². The van der Waals surface area contributed by atoms with Gasteiger partial charge in [0.2, 0.25) is 0 Å². The van der Waals surface area contributed by atoms with Crippen LogP contribution in [0.2, 0.25) is 0 Å². The summed E-state index contributed by atoms with van der Waals surface area (Å²) in [6.07, 6.45) is 27.1. The molecule has 2 fully saturated rings. The first-order chi connectivity index (χ1) is 34.5. The third-order valence-electron chi connectivity index (χ3n) is 14.3. The molecule has 0 radical (unpaired) electrons.